The highest BCUT2D eigenvalue weighted by molar-refractivity contribution is 6.33. The highest BCUT2D eigenvalue weighted by atomic mass is 35.5. The summed E-state index contributed by atoms with van der Waals surface area (Å²) in [4.78, 5) is 16.2. The average molecular weight is 403 g/mol. The van der Waals surface area contributed by atoms with Gasteiger partial charge in [-0.2, -0.15) is 0 Å². The number of aromatic nitrogens is 1. The molecule has 5 rings (SSSR count). The minimum absolute atomic E-state index is 0.224. The Hall–Kier alpha value is -2.21. The van der Waals surface area contributed by atoms with Gasteiger partial charge in [-0.15, -0.1) is 0 Å². The minimum Gasteiger partial charge on any atom is -0.444 e. The summed E-state index contributed by atoms with van der Waals surface area (Å²) < 4.78 is 5.32. The highest BCUT2D eigenvalue weighted by Gasteiger charge is 2.67. The zero-order valence-electron chi connectivity index (χ0n) is 16.6. The van der Waals surface area contributed by atoms with Crippen molar-refractivity contribution in [3.8, 4) is 0 Å². The van der Waals surface area contributed by atoms with Gasteiger partial charge in [-0.25, -0.2) is 9.78 Å². The molecule has 1 aromatic heterocycles. The Bertz CT molecular complexity index is 918. The van der Waals surface area contributed by atoms with Crippen molar-refractivity contribution in [3.05, 3.63) is 29.4 Å². The number of para-hydroxylation sites is 1. The number of halogens is 1. The summed E-state index contributed by atoms with van der Waals surface area (Å²) >= 11 is 6.21. The van der Waals surface area contributed by atoms with E-state index < -0.39 is 5.60 Å². The number of nitrogens with one attached hydrogen (secondary N) is 2. The van der Waals surface area contributed by atoms with Crippen LogP contribution in [0, 0.1) is 10.8 Å². The molecular formula is C21H27ClN4O2. The number of carbonyl (C=O) groups is 1. The molecule has 0 atom stereocenters. The number of nitrogens with zero attached hydrogens (tertiary/aromatic N) is 1. The molecule has 3 saturated carbocycles. The van der Waals surface area contributed by atoms with Gasteiger partial charge in [0.05, 0.1) is 16.9 Å². The molecule has 28 heavy (non-hydrogen) atoms. The summed E-state index contributed by atoms with van der Waals surface area (Å²) in [5.74, 6) is 0. The zero-order chi connectivity index (χ0) is 20.2. The number of benzene rings is 1. The van der Waals surface area contributed by atoms with Crippen LogP contribution in [0.4, 0.5) is 16.2 Å². The van der Waals surface area contributed by atoms with E-state index in [0.29, 0.717) is 17.4 Å². The molecule has 1 aromatic carbocycles. The molecule has 3 aliphatic carbocycles. The van der Waals surface area contributed by atoms with E-state index in [1.54, 1.807) is 0 Å². The lowest BCUT2D eigenvalue weighted by Gasteiger charge is -2.71. The number of hydrogen-bond donors (Lipinski definition) is 3. The lowest BCUT2D eigenvalue weighted by molar-refractivity contribution is -0.189. The maximum atomic E-state index is 11.9. The van der Waals surface area contributed by atoms with Gasteiger partial charge in [-0.3, -0.25) is 0 Å². The summed E-state index contributed by atoms with van der Waals surface area (Å²) in [7, 11) is 0. The summed E-state index contributed by atoms with van der Waals surface area (Å²) in [6.45, 7) is 7.13. The van der Waals surface area contributed by atoms with Gasteiger partial charge in [0.1, 0.15) is 5.60 Å². The van der Waals surface area contributed by atoms with E-state index in [1.807, 2.05) is 45.0 Å². The van der Waals surface area contributed by atoms with E-state index in [9.17, 15) is 4.79 Å². The second-order valence-corrected chi connectivity index (χ2v) is 9.81. The Kier molecular flexibility index (Phi) is 4.38. The monoisotopic (exact) mass is 402 g/mol. The fraction of sp³-hybridized carbons (Fsp3) is 0.524. The van der Waals surface area contributed by atoms with Gasteiger partial charge in [-0.05, 0) is 56.9 Å². The number of nitrogen functional groups attached to an aromatic ring is 1. The topological polar surface area (TPSA) is 89.3 Å². The van der Waals surface area contributed by atoms with Crippen LogP contribution in [0.2, 0.25) is 5.15 Å². The number of carbonyl (C=O) groups excluding carboxylic acids is 1. The van der Waals surface area contributed by atoms with E-state index in [-0.39, 0.29) is 16.9 Å². The number of rotatable bonds is 5. The number of alkyl carbamates (subject to hydrolysis) is 1. The van der Waals surface area contributed by atoms with Crippen molar-refractivity contribution >= 4 is 40.0 Å². The van der Waals surface area contributed by atoms with Crippen LogP contribution >= 0.6 is 11.6 Å². The molecule has 150 valence electrons. The summed E-state index contributed by atoms with van der Waals surface area (Å²) in [5.41, 5.74) is 8.41. The summed E-state index contributed by atoms with van der Waals surface area (Å²) in [6, 6.07) is 7.85. The van der Waals surface area contributed by atoms with E-state index in [4.69, 9.17) is 22.1 Å². The maximum absolute atomic E-state index is 11.9. The molecule has 0 aliphatic heterocycles. The van der Waals surface area contributed by atoms with Crippen molar-refractivity contribution in [3.63, 3.8) is 0 Å². The van der Waals surface area contributed by atoms with Crippen LogP contribution in [0.5, 0.6) is 0 Å². The Balaban J connectivity index is 1.34. The van der Waals surface area contributed by atoms with Gasteiger partial charge in [0.25, 0.3) is 0 Å². The SMILES string of the molecule is CC(C)(C)OC(=O)NCC12CC(CNc3c(N)c(Cl)nc4ccccc34)(C1)C2. The number of nitrogens with two attached hydrogens (primary N) is 1. The van der Waals surface area contributed by atoms with Crippen LogP contribution in [0.15, 0.2) is 24.3 Å². The molecule has 0 radical (unpaired) electrons. The molecule has 4 N–H and O–H groups in total. The van der Waals surface area contributed by atoms with E-state index in [1.165, 1.54) is 0 Å². The average Bonchev–Trinajstić information content (AvgIpc) is 2.53. The van der Waals surface area contributed by atoms with Crippen molar-refractivity contribution in [1.29, 1.82) is 0 Å². The molecule has 1 amide bonds. The molecule has 3 aliphatic rings. The van der Waals surface area contributed by atoms with E-state index >= 15 is 0 Å². The van der Waals surface area contributed by atoms with Gasteiger partial charge < -0.3 is 21.1 Å². The largest absolute Gasteiger partial charge is 0.444 e. The van der Waals surface area contributed by atoms with Crippen LogP contribution in [0.1, 0.15) is 40.0 Å². The third-order valence-corrected chi connectivity index (χ3v) is 6.07. The number of fused-ring (bicyclic) bond motifs is 1. The van der Waals surface area contributed by atoms with Crippen LogP contribution in [0.25, 0.3) is 10.9 Å². The molecule has 6 nitrogen and oxygen atoms in total. The van der Waals surface area contributed by atoms with Crippen LogP contribution < -0.4 is 16.4 Å². The second kappa shape index (κ2) is 6.41. The van der Waals surface area contributed by atoms with Crippen LogP contribution in [-0.4, -0.2) is 29.8 Å². The molecule has 0 unspecified atom stereocenters. The lowest BCUT2D eigenvalue weighted by Crippen LogP contribution is -2.67. The molecule has 1 heterocycles. The molecule has 2 aromatic rings. The van der Waals surface area contributed by atoms with Gasteiger partial charge in [0.2, 0.25) is 0 Å². The van der Waals surface area contributed by atoms with Gasteiger partial charge in [0.15, 0.2) is 5.15 Å². The first-order valence-corrected chi connectivity index (χ1v) is 10.0. The van der Waals surface area contributed by atoms with Gasteiger partial charge in [0, 0.05) is 18.5 Å². The normalized spacial score (nSPS) is 25.6. The first kappa shape index (κ1) is 19.1. The molecule has 3 fully saturated rings. The van der Waals surface area contributed by atoms with Crippen molar-refractivity contribution in [2.24, 2.45) is 10.8 Å². The van der Waals surface area contributed by atoms with Crippen LogP contribution in [0.3, 0.4) is 0 Å². The predicted molar refractivity (Wildman–Crippen MR) is 113 cm³/mol. The third-order valence-electron chi connectivity index (χ3n) is 5.78. The fourth-order valence-corrected chi connectivity index (χ4v) is 5.03. The van der Waals surface area contributed by atoms with Crippen molar-refractivity contribution in [1.82, 2.24) is 10.3 Å². The number of hydrogen-bond acceptors (Lipinski definition) is 5. The fourth-order valence-electron chi connectivity index (χ4n) is 4.84. The number of ether oxygens (including phenoxy) is 1. The molecule has 2 bridgehead atoms. The molecule has 0 spiro atoms. The Labute approximate surface area is 170 Å². The number of amides is 1. The Morgan fingerprint density at radius 2 is 1.86 bits per heavy atom. The quantitative estimate of drug-likeness (QED) is 0.637. The van der Waals surface area contributed by atoms with E-state index in [0.717, 1.165) is 42.4 Å². The van der Waals surface area contributed by atoms with Crippen molar-refractivity contribution in [2.45, 2.75) is 45.6 Å². The predicted octanol–water partition coefficient (Wildman–Crippen LogP) is 4.58. The smallest absolute Gasteiger partial charge is 0.407 e. The van der Waals surface area contributed by atoms with Gasteiger partial charge >= 0.3 is 6.09 Å². The molecular weight excluding hydrogens is 376 g/mol. The lowest BCUT2D eigenvalue weighted by atomic mass is 9.35. The van der Waals surface area contributed by atoms with Crippen molar-refractivity contribution in [2.75, 3.05) is 24.1 Å². The summed E-state index contributed by atoms with van der Waals surface area (Å²) in [6.07, 6.45) is 2.95. The first-order chi connectivity index (χ1) is 13.1. The standard InChI is InChI=1S/C21H27ClN4O2/c1-19(2,3)28-18(27)25-12-21-8-20(9-21,10-21)11-24-16-13-6-4-5-7-14(13)26-17(22)15(16)23/h4-7H,8-12,23H2,1-3H3,(H,24,26)(H,25,27). The molecule has 7 heteroatoms. The highest BCUT2D eigenvalue weighted by Crippen LogP contribution is 2.72. The van der Waals surface area contributed by atoms with Crippen molar-refractivity contribution < 1.29 is 9.53 Å². The summed E-state index contributed by atoms with van der Waals surface area (Å²) in [5, 5.41) is 7.77. The number of pyridine rings is 1. The zero-order valence-corrected chi connectivity index (χ0v) is 17.3. The van der Waals surface area contributed by atoms with Gasteiger partial charge in [-0.1, -0.05) is 29.8 Å². The third kappa shape index (κ3) is 3.46. The first-order valence-electron chi connectivity index (χ1n) is 9.65. The Morgan fingerprint density at radius 3 is 2.54 bits per heavy atom. The van der Waals surface area contributed by atoms with Crippen LogP contribution in [-0.2, 0) is 4.74 Å². The Morgan fingerprint density at radius 1 is 1.21 bits per heavy atom. The van der Waals surface area contributed by atoms with E-state index in [2.05, 4.69) is 15.6 Å². The second-order valence-electron chi connectivity index (χ2n) is 9.45. The number of anilines is 2. The maximum Gasteiger partial charge on any atom is 0.407 e. The minimum atomic E-state index is -0.469. The molecule has 0 saturated heterocycles.